The minimum atomic E-state index is 0.894. The first-order valence-corrected chi connectivity index (χ1v) is 5.69. The first kappa shape index (κ1) is 8.34. The Labute approximate surface area is 85.1 Å². The standard InChI is InChI=1S/C13H16O/c1-2-11-12-5-3-4-9(12)8-10-6-7-14-13(10)11/h8H,2-7H2,1H3. The molecule has 74 valence electrons. The number of fused-ring (bicyclic) bond motifs is 2. The molecule has 0 amide bonds. The van der Waals surface area contributed by atoms with E-state index in [9.17, 15) is 0 Å². The summed E-state index contributed by atoms with van der Waals surface area (Å²) in [7, 11) is 0. The third-order valence-electron chi connectivity index (χ3n) is 3.51. The first-order valence-electron chi connectivity index (χ1n) is 5.69. The van der Waals surface area contributed by atoms with Crippen molar-refractivity contribution in [3.05, 3.63) is 28.3 Å². The fourth-order valence-corrected chi connectivity index (χ4v) is 2.88. The van der Waals surface area contributed by atoms with Gasteiger partial charge in [0, 0.05) is 6.42 Å². The predicted molar refractivity (Wildman–Crippen MR) is 57.0 cm³/mol. The Bertz CT molecular complexity index is 347. The fraction of sp³-hybridized carbons (Fsp3) is 0.538. The molecule has 0 atom stereocenters. The van der Waals surface area contributed by atoms with Crippen LogP contribution in [0.5, 0.6) is 5.75 Å². The van der Waals surface area contributed by atoms with Crippen molar-refractivity contribution in [3.63, 3.8) is 0 Å². The summed E-state index contributed by atoms with van der Waals surface area (Å²) in [6, 6.07) is 2.39. The number of hydrogen-bond donors (Lipinski definition) is 0. The molecule has 1 aliphatic carbocycles. The van der Waals surface area contributed by atoms with Gasteiger partial charge in [-0.05, 0) is 47.9 Å². The van der Waals surface area contributed by atoms with Gasteiger partial charge in [-0.1, -0.05) is 13.0 Å². The summed E-state index contributed by atoms with van der Waals surface area (Å²) in [6.07, 6.45) is 6.15. The van der Waals surface area contributed by atoms with Crippen LogP contribution >= 0.6 is 0 Å². The SMILES string of the molecule is CCc1c2c(cc3c1OCC3)CCC2. The van der Waals surface area contributed by atoms with Crippen molar-refractivity contribution >= 4 is 0 Å². The molecule has 0 radical (unpaired) electrons. The van der Waals surface area contributed by atoms with Crippen molar-refractivity contribution in [1.82, 2.24) is 0 Å². The molecule has 0 unspecified atom stereocenters. The molecule has 14 heavy (non-hydrogen) atoms. The molecule has 1 aliphatic heterocycles. The van der Waals surface area contributed by atoms with E-state index in [2.05, 4.69) is 13.0 Å². The summed E-state index contributed by atoms with van der Waals surface area (Å²) < 4.78 is 5.75. The summed E-state index contributed by atoms with van der Waals surface area (Å²) in [6.45, 7) is 3.14. The maximum Gasteiger partial charge on any atom is 0.126 e. The molecule has 0 spiro atoms. The van der Waals surface area contributed by atoms with Gasteiger partial charge < -0.3 is 4.74 Å². The smallest absolute Gasteiger partial charge is 0.126 e. The minimum absolute atomic E-state index is 0.894. The summed E-state index contributed by atoms with van der Waals surface area (Å²) in [5, 5.41) is 0. The van der Waals surface area contributed by atoms with E-state index in [0.29, 0.717) is 0 Å². The van der Waals surface area contributed by atoms with Crippen LogP contribution in [0.4, 0.5) is 0 Å². The second kappa shape index (κ2) is 3.01. The van der Waals surface area contributed by atoms with Crippen LogP contribution in [-0.2, 0) is 25.7 Å². The molecule has 1 heteroatoms. The molecule has 1 aromatic carbocycles. The van der Waals surface area contributed by atoms with Gasteiger partial charge in [0.15, 0.2) is 0 Å². The van der Waals surface area contributed by atoms with Gasteiger partial charge in [0.05, 0.1) is 6.61 Å². The molecule has 3 rings (SSSR count). The third kappa shape index (κ3) is 1.01. The molecule has 2 aliphatic rings. The van der Waals surface area contributed by atoms with Crippen LogP contribution in [0.2, 0.25) is 0 Å². The maximum absolute atomic E-state index is 5.75. The highest BCUT2D eigenvalue weighted by molar-refractivity contribution is 5.53. The van der Waals surface area contributed by atoms with E-state index in [0.717, 1.165) is 19.4 Å². The number of ether oxygens (including phenoxy) is 1. The Morgan fingerprint density at radius 2 is 2.14 bits per heavy atom. The van der Waals surface area contributed by atoms with Gasteiger partial charge in [-0.25, -0.2) is 0 Å². The lowest BCUT2D eigenvalue weighted by atomic mass is 9.96. The zero-order valence-corrected chi connectivity index (χ0v) is 8.73. The number of benzene rings is 1. The first-order chi connectivity index (χ1) is 6.90. The van der Waals surface area contributed by atoms with Crippen molar-refractivity contribution in [3.8, 4) is 5.75 Å². The van der Waals surface area contributed by atoms with Crippen molar-refractivity contribution in [2.45, 2.75) is 39.0 Å². The lowest BCUT2D eigenvalue weighted by Gasteiger charge is -2.11. The molecular weight excluding hydrogens is 172 g/mol. The highest BCUT2D eigenvalue weighted by Crippen LogP contribution is 2.38. The Morgan fingerprint density at radius 1 is 1.21 bits per heavy atom. The Hall–Kier alpha value is -0.980. The molecule has 0 saturated heterocycles. The highest BCUT2D eigenvalue weighted by atomic mass is 16.5. The fourth-order valence-electron chi connectivity index (χ4n) is 2.88. The quantitative estimate of drug-likeness (QED) is 0.658. The monoisotopic (exact) mass is 188 g/mol. The average molecular weight is 188 g/mol. The lowest BCUT2D eigenvalue weighted by Crippen LogP contribution is -1.96. The van der Waals surface area contributed by atoms with Crippen molar-refractivity contribution in [1.29, 1.82) is 0 Å². The minimum Gasteiger partial charge on any atom is -0.493 e. The Kier molecular flexibility index (Phi) is 1.79. The zero-order chi connectivity index (χ0) is 9.54. The van der Waals surface area contributed by atoms with E-state index < -0.39 is 0 Å². The normalized spacial score (nSPS) is 17.8. The molecule has 0 bridgehead atoms. The van der Waals surface area contributed by atoms with Gasteiger partial charge in [0.25, 0.3) is 0 Å². The zero-order valence-electron chi connectivity index (χ0n) is 8.73. The largest absolute Gasteiger partial charge is 0.493 e. The van der Waals surface area contributed by atoms with Crippen molar-refractivity contribution in [2.24, 2.45) is 0 Å². The number of hydrogen-bond acceptors (Lipinski definition) is 1. The molecular formula is C13H16O. The topological polar surface area (TPSA) is 9.23 Å². The number of rotatable bonds is 1. The van der Waals surface area contributed by atoms with Gasteiger partial charge in [0.2, 0.25) is 0 Å². The molecule has 0 fully saturated rings. The van der Waals surface area contributed by atoms with Crippen LogP contribution < -0.4 is 4.74 Å². The van der Waals surface area contributed by atoms with E-state index >= 15 is 0 Å². The molecule has 0 saturated carbocycles. The molecule has 0 N–H and O–H groups in total. The summed E-state index contributed by atoms with van der Waals surface area (Å²) in [4.78, 5) is 0. The van der Waals surface area contributed by atoms with E-state index in [-0.39, 0.29) is 0 Å². The van der Waals surface area contributed by atoms with Gasteiger partial charge in [-0.15, -0.1) is 0 Å². The van der Waals surface area contributed by atoms with Gasteiger partial charge in [0.1, 0.15) is 5.75 Å². The molecule has 1 aromatic rings. The lowest BCUT2D eigenvalue weighted by molar-refractivity contribution is 0.353. The maximum atomic E-state index is 5.75. The van der Waals surface area contributed by atoms with E-state index in [4.69, 9.17) is 4.74 Å². The number of aryl methyl sites for hydroxylation is 1. The van der Waals surface area contributed by atoms with Crippen molar-refractivity contribution in [2.75, 3.05) is 6.61 Å². The van der Waals surface area contributed by atoms with Crippen LogP contribution in [0.1, 0.15) is 35.6 Å². The predicted octanol–water partition coefficient (Wildman–Crippen LogP) is 2.67. The Morgan fingerprint density at radius 3 is 3.00 bits per heavy atom. The summed E-state index contributed by atoms with van der Waals surface area (Å²) >= 11 is 0. The second-order valence-corrected chi connectivity index (χ2v) is 4.29. The van der Waals surface area contributed by atoms with Crippen LogP contribution in [0, 0.1) is 0 Å². The molecule has 0 aromatic heterocycles. The Balaban J connectivity index is 2.24. The molecule has 1 heterocycles. The van der Waals surface area contributed by atoms with Gasteiger partial charge >= 0.3 is 0 Å². The van der Waals surface area contributed by atoms with Crippen molar-refractivity contribution < 1.29 is 4.74 Å². The average Bonchev–Trinajstić information content (AvgIpc) is 2.80. The third-order valence-corrected chi connectivity index (χ3v) is 3.51. The van der Waals surface area contributed by atoms with Crippen LogP contribution in [0.3, 0.4) is 0 Å². The van der Waals surface area contributed by atoms with Gasteiger partial charge in [-0.2, -0.15) is 0 Å². The van der Waals surface area contributed by atoms with Gasteiger partial charge in [-0.3, -0.25) is 0 Å². The second-order valence-electron chi connectivity index (χ2n) is 4.29. The van der Waals surface area contributed by atoms with E-state index in [1.54, 1.807) is 11.1 Å². The van der Waals surface area contributed by atoms with Crippen LogP contribution in [-0.4, -0.2) is 6.61 Å². The van der Waals surface area contributed by atoms with Crippen LogP contribution in [0.15, 0.2) is 6.07 Å². The van der Waals surface area contributed by atoms with E-state index in [1.165, 1.54) is 36.1 Å². The summed E-state index contributed by atoms with van der Waals surface area (Å²) in [5.74, 6) is 1.23. The molecule has 1 nitrogen and oxygen atoms in total. The summed E-state index contributed by atoms with van der Waals surface area (Å²) in [5.41, 5.74) is 6.18. The highest BCUT2D eigenvalue weighted by Gasteiger charge is 2.23. The van der Waals surface area contributed by atoms with E-state index in [1.807, 2.05) is 0 Å². The van der Waals surface area contributed by atoms with Crippen LogP contribution in [0.25, 0.3) is 0 Å².